The third-order valence-corrected chi connectivity index (χ3v) is 5.43. The SMILES string of the molecule is CSc1nc(-c2ccc(C(N)=O)c(C#Cc3ccccc3)c2)c2c(n1)C(F)(F)CC2. The molecule has 1 heterocycles. The van der Waals surface area contributed by atoms with Gasteiger partial charge in [-0.05, 0) is 36.9 Å². The molecule has 0 unspecified atom stereocenters. The Balaban J connectivity index is 1.87. The summed E-state index contributed by atoms with van der Waals surface area (Å²) >= 11 is 1.21. The number of thioether (sulfide) groups is 1. The van der Waals surface area contributed by atoms with Gasteiger partial charge in [-0.25, -0.2) is 9.97 Å². The number of carbonyl (C=O) groups is 1. The second-order valence-electron chi connectivity index (χ2n) is 6.83. The molecule has 2 N–H and O–H groups in total. The summed E-state index contributed by atoms with van der Waals surface area (Å²) in [6.45, 7) is 0. The van der Waals surface area contributed by atoms with Crippen LogP contribution in [0.3, 0.4) is 0 Å². The molecule has 0 spiro atoms. The topological polar surface area (TPSA) is 68.9 Å². The maximum absolute atomic E-state index is 14.3. The van der Waals surface area contributed by atoms with Crippen molar-refractivity contribution in [3.63, 3.8) is 0 Å². The lowest BCUT2D eigenvalue weighted by Gasteiger charge is -2.13. The van der Waals surface area contributed by atoms with E-state index in [-0.39, 0.29) is 29.3 Å². The quantitative estimate of drug-likeness (QED) is 0.387. The van der Waals surface area contributed by atoms with E-state index in [2.05, 4.69) is 21.8 Å². The highest BCUT2D eigenvalue weighted by molar-refractivity contribution is 7.98. The molecule has 2 aromatic carbocycles. The van der Waals surface area contributed by atoms with Crippen LogP contribution in [-0.2, 0) is 12.3 Å². The van der Waals surface area contributed by atoms with Crippen molar-refractivity contribution in [3.8, 4) is 23.1 Å². The summed E-state index contributed by atoms with van der Waals surface area (Å²) in [7, 11) is 0. The van der Waals surface area contributed by atoms with Gasteiger partial charge in [-0.1, -0.05) is 47.9 Å². The summed E-state index contributed by atoms with van der Waals surface area (Å²) in [5.41, 5.74) is 8.25. The van der Waals surface area contributed by atoms with Crippen LogP contribution in [0.4, 0.5) is 8.78 Å². The van der Waals surface area contributed by atoms with Crippen molar-refractivity contribution in [2.24, 2.45) is 5.73 Å². The molecule has 0 aliphatic heterocycles. The minimum atomic E-state index is -2.97. The highest BCUT2D eigenvalue weighted by Crippen LogP contribution is 2.44. The molecule has 7 heteroatoms. The highest BCUT2D eigenvalue weighted by Gasteiger charge is 2.43. The van der Waals surface area contributed by atoms with Gasteiger partial charge in [-0.15, -0.1) is 0 Å². The van der Waals surface area contributed by atoms with Crippen LogP contribution >= 0.6 is 11.8 Å². The smallest absolute Gasteiger partial charge is 0.290 e. The lowest BCUT2D eigenvalue weighted by Crippen LogP contribution is -2.13. The Morgan fingerprint density at radius 2 is 1.90 bits per heavy atom. The van der Waals surface area contributed by atoms with Gasteiger partial charge in [0.15, 0.2) is 5.16 Å². The van der Waals surface area contributed by atoms with E-state index >= 15 is 0 Å². The average molecular weight is 421 g/mol. The van der Waals surface area contributed by atoms with Gasteiger partial charge in [0.25, 0.3) is 5.92 Å². The first-order chi connectivity index (χ1) is 14.4. The van der Waals surface area contributed by atoms with Gasteiger partial charge in [0, 0.05) is 28.7 Å². The highest BCUT2D eigenvalue weighted by atomic mass is 32.2. The normalized spacial score (nSPS) is 14.0. The molecule has 4 rings (SSSR count). The van der Waals surface area contributed by atoms with E-state index < -0.39 is 11.8 Å². The molecule has 1 aliphatic rings. The monoisotopic (exact) mass is 421 g/mol. The minimum Gasteiger partial charge on any atom is -0.366 e. The van der Waals surface area contributed by atoms with Crippen LogP contribution in [-0.4, -0.2) is 22.1 Å². The second-order valence-corrected chi connectivity index (χ2v) is 7.60. The van der Waals surface area contributed by atoms with Crippen molar-refractivity contribution in [2.45, 2.75) is 23.9 Å². The molecule has 1 amide bonds. The average Bonchev–Trinajstić information content (AvgIpc) is 3.06. The third kappa shape index (κ3) is 3.79. The van der Waals surface area contributed by atoms with Crippen LogP contribution in [0.5, 0.6) is 0 Å². The number of rotatable bonds is 3. The maximum atomic E-state index is 14.3. The third-order valence-electron chi connectivity index (χ3n) is 4.88. The zero-order chi connectivity index (χ0) is 21.3. The number of amides is 1. The first-order valence-electron chi connectivity index (χ1n) is 9.23. The van der Waals surface area contributed by atoms with Gasteiger partial charge < -0.3 is 5.73 Å². The van der Waals surface area contributed by atoms with Gasteiger partial charge in [0.1, 0.15) is 5.69 Å². The lowest BCUT2D eigenvalue weighted by molar-refractivity contribution is -0.00650. The predicted molar refractivity (Wildman–Crippen MR) is 112 cm³/mol. The number of nitrogens with zero attached hydrogens (tertiary/aromatic N) is 2. The molecule has 1 aliphatic carbocycles. The zero-order valence-electron chi connectivity index (χ0n) is 16.1. The van der Waals surface area contributed by atoms with E-state index in [4.69, 9.17) is 5.73 Å². The fourth-order valence-corrected chi connectivity index (χ4v) is 3.77. The molecule has 0 saturated carbocycles. The molecule has 150 valence electrons. The number of hydrogen-bond acceptors (Lipinski definition) is 4. The van der Waals surface area contributed by atoms with Crippen molar-refractivity contribution < 1.29 is 13.6 Å². The molecular formula is C23H17F2N3OS. The van der Waals surface area contributed by atoms with E-state index in [1.807, 2.05) is 30.3 Å². The summed E-state index contributed by atoms with van der Waals surface area (Å²) in [4.78, 5) is 20.4. The van der Waals surface area contributed by atoms with Gasteiger partial charge in [0.05, 0.1) is 11.3 Å². The largest absolute Gasteiger partial charge is 0.366 e. The Hall–Kier alpha value is -3.24. The summed E-state index contributed by atoms with van der Waals surface area (Å²) in [6, 6.07) is 14.2. The van der Waals surface area contributed by atoms with Gasteiger partial charge >= 0.3 is 0 Å². The van der Waals surface area contributed by atoms with Gasteiger partial charge in [-0.2, -0.15) is 8.78 Å². The number of fused-ring (bicyclic) bond motifs is 1. The Bertz CT molecular complexity index is 1200. The lowest BCUT2D eigenvalue weighted by atomic mass is 9.98. The van der Waals surface area contributed by atoms with E-state index in [1.165, 1.54) is 11.8 Å². The number of hydrogen-bond donors (Lipinski definition) is 1. The molecule has 0 fully saturated rings. The Morgan fingerprint density at radius 3 is 2.60 bits per heavy atom. The van der Waals surface area contributed by atoms with Crippen molar-refractivity contribution in [1.82, 2.24) is 9.97 Å². The fourth-order valence-electron chi connectivity index (χ4n) is 3.40. The van der Waals surface area contributed by atoms with Gasteiger partial charge in [0.2, 0.25) is 5.91 Å². The molecule has 4 nitrogen and oxygen atoms in total. The number of nitrogens with two attached hydrogens (primary N) is 1. The standard InChI is InChI=1S/C23H17F2N3OS/c1-30-22-27-19(18-11-12-23(24,25)20(18)28-22)16-9-10-17(21(26)29)15(13-16)8-7-14-5-3-2-4-6-14/h2-6,9-10,13H,11-12H2,1H3,(H2,26,29). The predicted octanol–water partition coefficient (Wildman–Crippen LogP) is 4.40. The molecule has 0 saturated heterocycles. The van der Waals surface area contributed by atoms with Crippen molar-refractivity contribution in [1.29, 1.82) is 0 Å². The molecule has 30 heavy (non-hydrogen) atoms. The molecular weight excluding hydrogens is 404 g/mol. The Kier molecular flexibility index (Phi) is 5.27. The number of benzene rings is 2. The molecule has 1 aromatic heterocycles. The first kappa shape index (κ1) is 20.0. The number of halogens is 2. The number of carbonyl (C=O) groups excluding carboxylic acids is 1. The van der Waals surface area contributed by atoms with Crippen LogP contribution in [0.25, 0.3) is 11.3 Å². The zero-order valence-corrected chi connectivity index (χ0v) is 16.9. The second kappa shape index (κ2) is 7.88. The van der Waals surface area contributed by atoms with E-state index in [0.717, 1.165) is 5.56 Å². The summed E-state index contributed by atoms with van der Waals surface area (Å²) in [5, 5.41) is 0.279. The molecule has 3 aromatic rings. The van der Waals surface area contributed by atoms with Crippen LogP contribution in [0, 0.1) is 11.8 Å². The molecule has 0 atom stereocenters. The van der Waals surface area contributed by atoms with Crippen LogP contribution < -0.4 is 5.73 Å². The summed E-state index contributed by atoms with van der Waals surface area (Å²) in [5.74, 6) is 2.41. The fraction of sp³-hybridized carbons (Fsp3) is 0.174. The van der Waals surface area contributed by atoms with Gasteiger partial charge in [-0.3, -0.25) is 4.79 Å². The van der Waals surface area contributed by atoms with Crippen LogP contribution in [0.15, 0.2) is 53.7 Å². The van der Waals surface area contributed by atoms with E-state index in [0.29, 0.717) is 22.4 Å². The van der Waals surface area contributed by atoms with E-state index in [1.54, 1.807) is 24.5 Å². The number of aromatic nitrogens is 2. The van der Waals surface area contributed by atoms with Crippen LogP contribution in [0.1, 0.15) is 39.2 Å². The molecule has 0 bridgehead atoms. The van der Waals surface area contributed by atoms with E-state index in [9.17, 15) is 13.6 Å². The molecule has 0 radical (unpaired) electrons. The van der Waals surface area contributed by atoms with Crippen molar-refractivity contribution >= 4 is 17.7 Å². The summed E-state index contributed by atoms with van der Waals surface area (Å²) in [6.07, 6.45) is 1.64. The van der Waals surface area contributed by atoms with Crippen molar-refractivity contribution in [3.05, 3.63) is 76.5 Å². The Labute approximate surface area is 176 Å². The first-order valence-corrected chi connectivity index (χ1v) is 10.5. The van der Waals surface area contributed by atoms with Crippen LogP contribution in [0.2, 0.25) is 0 Å². The maximum Gasteiger partial charge on any atom is 0.290 e. The number of alkyl halides is 2. The summed E-state index contributed by atoms with van der Waals surface area (Å²) < 4.78 is 28.6. The Morgan fingerprint density at radius 1 is 1.13 bits per heavy atom. The number of primary amides is 1. The minimum absolute atomic E-state index is 0.189. The van der Waals surface area contributed by atoms with Crippen molar-refractivity contribution in [2.75, 3.05) is 6.26 Å².